The van der Waals surface area contributed by atoms with Gasteiger partial charge in [0, 0.05) is 12.2 Å². The molecule has 3 aromatic rings. The van der Waals surface area contributed by atoms with E-state index in [9.17, 15) is 4.79 Å². The van der Waals surface area contributed by atoms with Crippen LogP contribution >= 0.6 is 11.8 Å². The molecule has 33 heavy (non-hydrogen) atoms. The Hall–Kier alpha value is -3.06. The molecule has 2 aromatic carbocycles. The van der Waals surface area contributed by atoms with Crippen LogP contribution in [0.1, 0.15) is 40.9 Å². The topological polar surface area (TPSA) is 69.0 Å². The minimum Gasteiger partial charge on any atom is -0.486 e. The van der Waals surface area contributed by atoms with Crippen LogP contribution in [0.5, 0.6) is 5.75 Å². The summed E-state index contributed by atoms with van der Waals surface area (Å²) in [6.07, 6.45) is 6.57. The number of fused-ring (bicyclic) bond motifs is 1. The molecule has 6 nitrogen and oxygen atoms in total. The quantitative estimate of drug-likeness (QED) is 0.347. The van der Waals surface area contributed by atoms with Crippen molar-refractivity contribution in [2.24, 2.45) is 0 Å². The van der Waals surface area contributed by atoms with E-state index in [-0.39, 0.29) is 11.7 Å². The van der Waals surface area contributed by atoms with Gasteiger partial charge in [0.2, 0.25) is 5.91 Å². The van der Waals surface area contributed by atoms with Gasteiger partial charge in [0.05, 0.1) is 5.75 Å². The molecule has 1 aliphatic carbocycles. The lowest BCUT2D eigenvalue weighted by atomic mass is 9.92. The molecule has 1 aromatic heterocycles. The van der Waals surface area contributed by atoms with E-state index in [1.165, 1.54) is 35.7 Å². The number of amides is 1. The van der Waals surface area contributed by atoms with Gasteiger partial charge in [-0.25, -0.2) is 0 Å². The first-order valence-corrected chi connectivity index (χ1v) is 12.3. The highest BCUT2D eigenvalue weighted by molar-refractivity contribution is 7.99. The Morgan fingerprint density at radius 1 is 1.12 bits per heavy atom. The largest absolute Gasteiger partial charge is 0.486 e. The lowest BCUT2D eigenvalue weighted by Gasteiger charge is -2.16. The summed E-state index contributed by atoms with van der Waals surface area (Å²) in [6.45, 7) is 8.75. The molecule has 0 saturated heterocycles. The van der Waals surface area contributed by atoms with Crippen LogP contribution in [-0.4, -0.2) is 26.4 Å². The molecule has 0 spiro atoms. The van der Waals surface area contributed by atoms with Crippen molar-refractivity contribution in [3.63, 3.8) is 0 Å². The van der Waals surface area contributed by atoms with E-state index in [0.29, 0.717) is 24.1 Å². The van der Waals surface area contributed by atoms with Gasteiger partial charge in [0.15, 0.2) is 11.0 Å². The van der Waals surface area contributed by atoms with Crippen LogP contribution in [0.15, 0.2) is 54.2 Å². The Bertz CT molecular complexity index is 1130. The average molecular weight is 463 g/mol. The number of ether oxygens (including phenoxy) is 1. The lowest BCUT2D eigenvalue weighted by Crippen LogP contribution is -2.15. The van der Waals surface area contributed by atoms with Crippen molar-refractivity contribution >= 4 is 23.4 Å². The highest BCUT2D eigenvalue weighted by Crippen LogP contribution is 2.26. The number of benzene rings is 2. The molecule has 0 fully saturated rings. The SMILES string of the molecule is C=CCn1c(COc2ccc3c(c2)CCCC3)nnc1SCC(=O)Nc1cc(C)cc(C)c1. The fourth-order valence-electron chi connectivity index (χ4n) is 4.17. The lowest BCUT2D eigenvalue weighted by molar-refractivity contribution is -0.113. The van der Waals surface area contributed by atoms with Gasteiger partial charge in [-0.2, -0.15) is 0 Å². The smallest absolute Gasteiger partial charge is 0.234 e. The zero-order valence-electron chi connectivity index (χ0n) is 19.3. The molecule has 1 amide bonds. The van der Waals surface area contributed by atoms with Crippen LogP contribution in [0.4, 0.5) is 5.69 Å². The number of hydrogen-bond acceptors (Lipinski definition) is 5. The third kappa shape index (κ3) is 6.05. The molecule has 4 rings (SSSR count). The van der Waals surface area contributed by atoms with E-state index < -0.39 is 0 Å². The highest BCUT2D eigenvalue weighted by atomic mass is 32.2. The number of nitrogens with one attached hydrogen (secondary N) is 1. The second-order valence-corrected chi connectivity index (χ2v) is 9.38. The Balaban J connectivity index is 1.37. The van der Waals surface area contributed by atoms with Crippen molar-refractivity contribution < 1.29 is 9.53 Å². The summed E-state index contributed by atoms with van der Waals surface area (Å²) in [7, 11) is 0. The number of anilines is 1. The van der Waals surface area contributed by atoms with E-state index in [2.05, 4.69) is 40.3 Å². The van der Waals surface area contributed by atoms with Crippen LogP contribution < -0.4 is 10.1 Å². The van der Waals surface area contributed by atoms with Crippen molar-refractivity contribution in [2.75, 3.05) is 11.1 Å². The molecule has 0 saturated carbocycles. The Morgan fingerprint density at radius 2 is 1.88 bits per heavy atom. The molecule has 1 N–H and O–H groups in total. The third-order valence-corrected chi connectivity index (χ3v) is 6.60. The first-order valence-electron chi connectivity index (χ1n) is 11.3. The number of rotatable bonds is 9. The normalized spacial score (nSPS) is 12.8. The maximum Gasteiger partial charge on any atom is 0.234 e. The molecule has 0 bridgehead atoms. The maximum absolute atomic E-state index is 12.5. The number of nitrogens with zero attached hydrogens (tertiary/aromatic N) is 3. The second-order valence-electron chi connectivity index (χ2n) is 8.44. The highest BCUT2D eigenvalue weighted by Gasteiger charge is 2.15. The Kier molecular flexibility index (Phi) is 7.50. The number of allylic oxidation sites excluding steroid dienone is 1. The molecule has 0 radical (unpaired) electrons. The first-order chi connectivity index (χ1) is 16.0. The van der Waals surface area contributed by atoms with Gasteiger partial charge in [-0.15, -0.1) is 16.8 Å². The van der Waals surface area contributed by atoms with Crippen LogP contribution in [0.2, 0.25) is 0 Å². The number of carbonyl (C=O) groups excluding carboxylic acids is 1. The number of thioether (sulfide) groups is 1. The molecular weight excluding hydrogens is 432 g/mol. The molecular formula is C26H30N4O2S. The average Bonchev–Trinajstić information content (AvgIpc) is 3.17. The molecule has 7 heteroatoms. The number of aryl methyl sites for hydroxylation is 4. The van der Waals surface area contributed by atoms with Crippen molar-refractivity contribution in [3.05, 3.63) is 77.1 Å². The van der Waals surface area contributed by atoms with Gasteiger partial charge >= 0.3 is 0 Å². The number of aromatic nitrogens is 3. The van der Waals surface area contributed by atoms with E-state index in [4.69, 9.17) is 4.74 Å². The van der Waals surface area contributed by atoms with Crippen LogP contribution in [0.25, 0.3) is 0 Å². The minimum absolute atomic E-state index is 0.0787. The van der Waals surface area contributed by atoms with Gasteiger partial charge in [-0.1, -0.05) is 30.0 Å². The minimum atomic E-state index is -0.0787. The molecule has 0 atom stereocenters. The summed E-state index contributed by atoms with van der Waals surface area (Å²) in [5.74, 6) is 1.73. The Morgan fingerprint density at radius 3 is 2.64 bits per heavy atom. The van der Waals surface area contributed by atoms with E-state index in [1.807, 2.05) is 36.6 Å². The van der Waals surface area contributed by atoms with E-state index in [1.54, 1.807) is 6.08 Å². The van der Waals surface area contributed by atoms with Gasteiger partial charge in [-0.3, -0.25) is 9.36 Å². The maximum atomic E-state index is 12.5. The molecule has 1 heterocycles. The van der Waals surface area contributed by atoms with E-state index >= 15 is 0 Å². The summed E-state index contributed by atoms with van der Waals surface area (Å²) in [4.78, 5) is 12.5. The summed E-state index contributed by atoms with van der Waals surface area (Å²) in [6, 6.07) is 12.4. The Labute approximate surface area is 199 Å². The van der Waals surface area contributed by atoms with Crippen molar-refractivity contribution in [2.45, 2.75) is 57.8 Å². The second kappa shape index (κ2) is 10.7. The van der Waals surface area contributed by atoms with Crippen molar-refractivity contribution in [1.29, 1.82) is 0 Å². The zero-order valence-corrected chi connectivity index (χ0v) is 20.1. The van der Waals surface area contributed by atoms with Crippen LogP contribution in [0.3, 0.4) is 0 Å². The van der Waals surface area contributed by atoms with Crippen molar-refractivity contribution in [3.8, 4) is 5.75 Å². The van der Waals surface area contributed by atoms with Gasteiger partial charge < -0.3 is 10.1 Å². The summed E-state index contributed by atoms with van der Waals surface area (Å²) in [5, 5.41) is 12.2. The van der Waals surface area contributed by atoms with Crippen molar-refractivity contribution in [1.82, 2.24) is 14.8 Å². The molecule has 0 aliphatic heterocycles. The monoisotopic (exact) mass is 462 g/mol. The van der Waals surface area contributed by atoms with E-state index in [0.717, 1.165) is 35.4 Å². The fraction of sp³-hybridized carbons (Fsp3) is 0.346. The third-order valence-electron chi connectivity index (χ3n) is 5.63. The standard InChI is InChI=1S/C26H30N4O2S/c1-4-11-30-24(16-32-23-10-9-20-7-5-6-8-21(20)15-23)28-29-26(30)33-17-25(31)27-22-13-18(2)12-19(3)14-22/h4,9-10,12-15H,1,5-8,11,16-17H2,2-3H3,(H,27,31). The number of hydrogen-bond donors (Lipinski definition) is 1. The zero-order chi connectivity index (χ0) is 23.2. The van der Waals surface area contributed by atoms with Gasteiger partial charge in [0.1, 0.15) is 12.4 Å². The predicted molar refractivity (Wildman–Crippen MR) is 133 cm³/mol. The predicted octanol–water partition coefficient (Wildman–Crippen LogP) is 5.27. The number of carbonyl (C=O) groups is 1. The summed E-state index contributed by atoms with van der Waals surface area (Å²) < 4.78 is 7.98. The van der Waals surface area contributed by atoms with Crippen LogP contribution in [-0.2, 0) is 30.8 Å². The molecule has 1 aliphatic rings. The van der Waals surface area contributed by atoms with Gasteiger partial charge in [0.25, 0.3) is 0 Å². The molecule has 172 valence electrons. The fourth-order valence-corrected chi connectivity index (χ4v) is 4.93. The summed E-state index contributed by atoms with van der Waals surface area (Å²) >= 11 is 1.36. The molecule has 0 unspecified atom stereocenters. The van der Waals surface area contributed by atoms with Crippen LogP contribution in [0, 0.1) is 13.8 Å². The van der Waals surface area contributed by atoms with Gasteiger partial charge in [-0.05, 0) is 86.1 Å². The summed E-state index contributed by atoms with van der Waals surface area (Å²) in [5.41, 5.74) is 5.86. The first kappa shape index (κ1) is 23.1.